The molecule has 90 valence electrons. The molecule has 0 saturated carbocycles. The molecule has 1 unspecified atom stereocenters. The molecule has 0 N–H and O–H groups in total. The maximum atomic E-state index is 6.00. The van der Waals surface area contributed by atoms with Crippen molar-refractivity contribution in [3.05, 3.63) is 0 Å². The Hall–Kier alpha value is 0.0969. The molecule has 0 aromatic heterocycles. The minimum absolute atomic E-state index is 0.792. The Labute approximate surface area is 95.0 Å². The van der Waals surface area contributed by atoms with Crippen molar-refractivity contribution in [2.75, 3.05) is 32.8 Å². The van der Waals surface area contributed by atoms with E-state index in [4.69, 9.17) is 8.85 Å². The second kappa shape index (κ2) is 6.63. The molecule has 0 aromatic carbocycles. The predicted octanol–water partition coefficient (Wildman–Crippen LogP) is 2.23. The zero-order valence-corrected chi connectivity index (χ0v) is 11.4. The molecule has 1 heterocycles. The van der Waals surface area contributed by atoms with Crippen LogP contribution in [0.15, 0.2) is 0 Å². The van der Waals surface area contributed by atoms with Crippen LogP contribution in [-0.2, 0) is 8.85 Å². The van der Waals surface area contributed by atoms with Crippen LogP contribution in [0, 0.1) is 0 Å². The van der Waals surface area contributed by atoms with E-state index in [0.29, 0.717) is 0 Å². The standard InChI is InChI=1S/C11H25NO2Si/c1-4-12-8-6-7-11-15(3,13-5-2)14-10-9-12/h4-11H2,1-3H3. The van der Waals surface area contributed by atoms with Crippen LogP contribution in [0.5, 0.6) is 0 Å². The highest BCUT2D eigenvalue weighted by molar-refractivity contribution is 6.66. The van der Waals surface area contributed by atoms with Gasteiger partial charge in [0.15, 0.2) is 0 Å². The van der Waals surface area contributed by atoms with Crippen molar-refractivity contribution in [1.82, 2.24) is 4.90 Å². The summed E-state index contributed by atoms with van der Waals surface area (Å²) in [4.78, 5) is 2.46. The molecule has 1 fully saturated rings. The second-order valence-corrected chi connectivity index (χ2v) is 7.65. The molecule has 0 aromatic rings. The number of hydrogen-bond acceptors (Lipinski definition) is 3. The third kappa shape index (κ3) is 4.63. The minimum atomic E-state index is -1.82. The fourth-order valence-corrected chi connectivity index (χ4v) is 4.49. The Morgan fingerprint density at radius 2 is 2.07 bits per heavy atom. The first-order chi connectivity index (χ1) is 7.20. The van der Waals surface area contributed by atoms with Crippen LogP contribution in [-0.4, -0.2) is 46.3 Å². The first kappa shape index (κ1) is 13.2. The SMILES string of the molecule is CCO[Si]1(C)CCCCN(CC)CCO1. The fourth-order valence-electron chi connectivity index (χ4n) is 2.09. The third-order valence-corrected chi connectivity index (χ3v) is 6.04. The van der Waals surface area contributed by atoms with E-state index in [1.54, 1.807) is 0 Å². The summed E-state index contributed by atoms with van der Waals surface area (Å²) in [7, 11) is -1.82. The van der Waals surface area contributed by atoms with Gasteiger partial charge in [-0.25, -0.2) is 0 Å². The number of likely N-dealkylation sites (N-methyl/N-ethyl adjacent to an activating group) is 1. The van der Waals surface area contributed by atoms with Gasteiger partial charge in [0.05, 0.1) is 0 Å². The van der Waals surface area contributed by atoms with Crippen LogP contribution in [0.1, 0.15) is 26.7 Å². The lowest BCUT2D eigenvalue weighted by atomic mass is 10.3. The van der Waals surface area contributed by atoms with Gasteiger partial charge in [-0.15, -0.1) is 0 Å². The van der Waals surface area contributed by atoms with Crippen LogP contribution in [0.2, 0.25) is 12.6 Å². The molecule has 4 heteroatoms. The normalized spacial score (nSPS) is 30.6. The van der Waals surface area contributed by atoms with Crippen LogP contribution in [0.25, 0.3) is 0 Å². The Kier molecular flexibility index (Phi) is 5.82. The highest BCUT2D eigenvalue weighted by atomic mass is 28.4. The molecule has 15 heavy (non-hydrogen) atoms. The van der Waals surface area contributed by atoms with Crippen molar-refractivity contribution in [1.29, 1.82) is 0 Å². The third-order valence-electron chi connectivity index (χ3n) is 3.07. The molecule has 1 atom stereocenters. The van der Waals surface area contributed by atoms with Crippen molar-refractivity contribution in [3.8, 4) is 0 Å². The molecule has 1 aliphatic rings. The lowest BCUT2D eigenvalue weighted by molar-refractivity contribution is 0.159. The maximum absolute atomic E-state index is 6.00. The monoisotopic (exact) mass is 231 g/mol. The van der Waals surface area contributed by atoms with E-state index in [2.05, 4.69) is 25.3 Å². The van der Waals surface area contributed by atoms with Crippen LogP contribution in [0.3, 0.4) is 0 Å². The summed E-state index contributed by atoms with van der Waals surface area (Å²) in [5, 5.41) is 0. The molecule has 0 aliphatic carbocycles. The zero-order valence-electron chi connectivity index (χ0n) is 10.4. The van der Waals surface area contributed by atoms with Crippen LogP contribution in [0.4, 0.5) is 0 Å². The first-order valence-electron chi connectivity index (χ1n) is 6.20. The smallest absolute Gasteiger partial charge is 0.334 e. The zero-order chi connectivity index (χ0) is 11.1. The lowest BCUT2D eigenvalue weighted by Crippen LogP contribution is -2.40. The summed E-state index contributed by atoms with van der Waals surface area (Å²) in [5.74, 6) is 0. The van der Waals surface area contributed by atoms with Gasteiger partial charge < -0.3 is 13.8 Å². The van der Waals surface area contributed by atoms with Gasteiger partial charge in [-0.3, -0.25) is 0 Å². The van der Waals surface area contributed by atoms with Crippen LogP contribution >= 0.6 is 0 Å². The van der Waals surface area contributed by atoms with Crippen molar-refractivity contribution in [2.45, 2.75) is 39.3 Å². The Balaban J connectivity index is 2.44. The van der Waals surface area contributed by atoms with Gasteiger partial charge in [-0.2, -0.15) is 0 Å². The van der Waals surface area contributed by atoms with Gasteiger partial charge in [0.2, 0.25) is 0 Å². The van der Waals surface area contributed by atoms with Gasteiger partial charge in [0, 0.05) is 19.8 Å². The van der Waals surface area contributed by atoms with E-state index >= 15 is 0 Å². The minimum Gasteiger partial charge on any atom is -0.395 e. The molecule has 0 radical (unpaired) electrons. The van der Waals surface area contributed by atoms with Crippen molar-refractivity contribution < 1.29 is 8.85 Å². The van der Waals surface area contributed by atoms with E-state index in [9.17, 15) is 0 Å². The maximum Gasteiger partial charge on any atom is 0.334 e. The highest BCUT2D eigenvalue weighted by Gasteiger charge is 2.31. The van der Waals surface area contributed by atoms with Gasteiger partial charge in [-0.05, 0) is 39.0 Å². The van der Waals surface area contributed by atoms with Gasteiger partial charge >= 0.3 is 8.56 Å². The molecule has 3 nitrogen and oxygen atoms in total. The van der Waals surface area contributed by atoms with E-state index in [-0.39, 0.29) is 0 Å². The predicted molar refractivity (Wildman–Crippen MR) is 65.4 cm³/mol. The molecular weight excluding hydrogens is 206 g/mol. The highest BCUT2D eigenvalue weighted by Crippen LogP contribution is 2.18. The molecule has 0 amide bonds. The van der Waals surface area contributed by atoms with Gasteiger partial charge in [0.1, 0.15) is 0 Å². The summed E-state index contributed by atoms with van der Waals surface area (Å²) in [5.41, 5.74) is 0. The van der Waals surface area contributed by atoms with E-state index in [1.165, 1.54) is 19.4 Å². The average Bonchev–Trinajstić information content (AvgIpc) is 2.29. The van der Waals surface area contributed by atoms with E-state index in [1.807, 2.05) is 0 Å². The molecular formula is C11H25NO2Si. The first-order valence-corrected chi connectivity index (χ1v) is 8.73. The lowest BCUT2D eigenvalue weighted by Gasteiger charge is -2.26. The molecule has 1 aliphatic heterocycles. The van der Waals surface area contributed by atoms with Gasteiger partial charge in [0.25, 0.3) is 0 Å². The number of nitrogens with zero attached hydrogens (tertiary/aromatic N) is 1. The topological polar surface area (TPSA) is 21.7 Å². The summed E-state index contributed by atoms with van der Waals surface area (Å²) in [6.45, 7) is 11.5. The molecule has 1 rings (SSSR count). The van der Waals surface area contributed by atoms with Crippen molar-refractivity contribution in [3.63, 3.8) is 0 Å². The second-order valence-electron chi connectivity index (χ2n) is 4.31. The number of hydrogen-bond donors (Lipinski definition) is 0. The van der Waals surface area contributed by atoms with Crippen LogP contribution < -0.4 is 0 Å². The Bertz CT molecular complexity index is 180. The van der Waals surface area contributed by atoms with Crippen molar-refractivity contribution in [2.24, 2.45) is 0 Å². The summed E-state index contributed by atoms with van der Waals surface area (Å²) < 4.78 is 11.8. The largest absolute Gasteiger partial charge is 0.395 e. The van der Waals surface area contributed by atoms with Gasteiger partial charge in [-0.1, -0.05) is 13.3 Å². The Morgan fingerprint density at radius 1 is 1.27 bits per heavy atom. The number of rotatable bonds is 3. The fraction of sp³-hybridized carbons (Fsp3) is 1.00. The molecule has 0 spiro atoms. The average molecular weight is 231 g/mol. The van der Waals surface area contributed by atoms with E-state index in [0.717, 1.165) is 32.3 Å². The summed E-state index contributed by atoms with van der Waals surface area (Å²) >= 11 is 0. The molecule has 1 saturated heterocycles. The Morgan fingerprint density at radius 3 is 2.73 bits per heavy atom. The summed E-state index contributed by atoms with van der Waals surface area (Å²) in [6, 6.07) is 1.15. The summed E-state index contributed by atoms with van der Waals surface area (Å²) in [6.07, 6.45) is 2.53. The van der Waals surface area contributed by atoms with Crippen molar-refractivity contribution >= 4 is 8.56 Å². The van der Waals surface area contributed by atoms with E-state index < -0.39 is 8.56 Å². The molecule has 0 bridgehead atoms. The quantitative estimate of drug-likeness (QED) is 0.695.